The van der Waals surface area contributed by atoms with Gasteiger partial charge in [-0.3, -0.25) is 0 Å². The van der Waals surface area contributed by atoms with Crippen molar-refractivity contribution in [3.8, 4) is 0 Å². The standard InChI is InChI=1S/C12H23/c1-5-10-6-8-11(9-7-10)12(2,3)4/h11H,5-9H2,1-4H3. The van der Waals surface area contributed by atoms with Crippen LogP contribution in [-0.2, 0) is 0 Å². The molecule has 0 heterocycles. The monoisotopic (exact) mass is 167 g/mol. The Morgan fingerprint density at radius 2 is 1.67 bits per heavy atom. The van der Waals surface area contributed by atoms with E-state index in [2.05, 4.69) is 27.7 Å². The largest absolute Gasteiger partial charge is 0.0648 e. The van der Waals surface area contributed by atoms with Crippen LogP contribution >= 0.6 is 0 Å². The van der Waals surface area contributed by atoms with Gasteiger partial charge in [-0.2, -0.15) is 0 Å². The molecule has 0 unspecified atom stereocenters. The lowest BCUT2D eigenvalue weighted by atomic mass is 9.69. The molecule has 0 aliphatic heterocycles. The number of rotatable bonds is 1. The van der Waals surface area contributed by atoms with E-state index in [1.54, 1.807) is 5.92 Å². The quantitative estimate of drug-likeness (QED) is 0.549. The van der Waals surface area contributed by atoms with Gasteiger partial charge in [0.15, 0.2) is 0 Å². The molecule has 1 aliphatic rings. The molecule has 1 saturated carbocycles. The van der Waals surface area contributed by atoms with Crippen LogP contribution in [0.2, 0.25) is 0 Å². The van der Waals surface area contributed by atoms with Crippen LogP contribution in [0, 0.1) is 17.3 Å². The highest BCUT2D eigenvalue weighted by atomic mass is 14.3. The van der Waals surface area contributed by atoms with E-state index in [1.807, 2.05) is 0 Å². The molecule has 0 N–H and O–H groups in total. The van der Waals surface area contributed by atoms with Crippen molar-refractivity contribution in [2.24, 2.45) is 11.3 Å². The van der Waals surface area contributed by atoms with Gasteiger partial charge >= 0.3 is 0 Å². The average molecular weight is 167 g/mol. The molecule has 1 aliphatic carbocycles. The predicted molar refractivity (Wildman–Crippen MR) is 54.9 cm³/mol. The minimum absolute atomic E-state index is 0.541. The SMILES string of the molecule is CC[C]1CCC(C(C)(C)C)CC1. The zero-order chi connectivity index (χ0) is 9.19. The molecule has 0 spiro atoms. The summed E-state index contributed by atoms with van der Waals surface area (Å²) in [7, 11) is 0. The van der Waals surface area contributed by atoms with Gasteiger partial charge in [0.25, 0.3) is 0 Å². The van der Waals surface area contributed by atoms with Crippen LogP contribution in [0.1, 0.15) is 59.8 Å². The van der Waals surface area contributed by atoms with Crippen molar-refractivity contribution in [2.45, 2.75) is 59.8 Å². The maximum absolute atomic E-state index is 2.38. The molecule has 0 atom stereocenters. The van der Waals surface area contributed by atoms with Crippen LogP contribution in [-0.4, -0.2) is 0 Å². The summed E-state index contributed by atoms with van der Waals surface area (Å²) < 4.78 is 0. The second kappa shape index (κ2) is 3.81. The summed E-state index contributed by atoms with van der Waals surface area (Å²) in [5.74, 6) is 2.77. The Morgan fingerprint density at radius 1 is 1.17 bits per heavy atom. The molecule has 0 bridgehead atoms. The first kappa shape index (κ1) is 10.1. The molecule has 1 fully saturated rings. The van der Waals surface area contributed by atoms with E-state index in [9.17, 15) is 0 Å². The van der Waals surface area contributed by atoms with Gasteiger partial charge in [-0.05, 0) is 49.4 Å². The summed E-state index contributed by atoms with van der Waals surface area (Å²) in [6.45, 7) is 9.45. The molecule has 0 nitrogen and oxygen atoms in total. The van der Waals surface area contributed by atoms with Crippen LogP contribution < -0.4 is 0 Å². The van der Waals surface area contributed by atoms with Gasteiger partial charge < -0.3 is 0 Å². The smallest absolute Gasteiger partial charge is 0.0243 e. The Bertz CT molecular complexity index is 121. The van der Waals surface area contributed by atoms with Gasteiger partial charge in [-0.25, -0.2) is 0 Å². The maximum Gasteiger partial charge on any atom is -0.0243 e. The highest BCUT2D eigenvalue weighted by molar-refractivity contribution is 4.95. The van der Waals surface area contributed by atoms with Gasteiger partial charge in [0, 0.05) is 0 Å². The number of hydrogen-bond donors (Lipinski definition) is 0. The first-order valence-corrected chi connectivity index (χ1v) is 5.37. The zero-order valence-corrected chi connectivity index (χ0v) is 9.11. The van der Waals surface area contributed by atoms with Gasteiger partial charge in [-0.1, -0.05) is 27.7 Å². The average Bonchev–Trinajstić information content (AvgIpc) is 2.03. The van der Waals surface area contributed by atoms with E-state index in [-0.39, 0.29) is 0 Å². The molecule has 0 aromatic heterocycles. The van der Waals surface area contributed by atoms with Crippen LogP contribution in [0.4, 0.5) is 0 Å². The summed E-state index contributed by atoms with van der Waals surface area (Å²) in [6.07, 6.45) is 6.99. The highest BCUT2D eigenvalue weighted by Gasteiger charge is 2.28. The fourth-order valence-corrected chi connectivity index (χ4v) is 2.25. The van der Waals surface area contributed by atoms with E-state index >= 15 is 0 Å². The molecule has 0 heteroatoms. The van der Waals surface area contributed by atoms with Crippen molar-refractivity contribution < 1.29 is 0 Å². The molecule has 12 heavy (non-hydrogen) atoms. The van der Waals surface area contributed by atoms with Gasteiger partial charge in [0.1, 0.15) is 0 Å². The summed E-state index contributed by atoms with van der Waals surface area (Å²) in [5.41, 5.74) is 0.541. The molecule has 0 aromatic rings. The normalized spacial score (nSPS) is 23.0. The van der Waals surface area contributed by atoms with Crippen molar-refractivity contribution in [3.63, 3.8) is 0 Å². The topological polar surface area (TPSA) is 0 Å². The molecule has 1 radical (unpaired) electrons. The van der Waals surface area contributed by atoms with Gasteiger partial charge in [0.05, 0.1) is 0 Å². The predicted octanol–water partition coefficient (Wildman–Crippen LogP) is 4.21. The Labute approximate surface area is 77.7 Å². The first-order chi connectivity index (χ1) is 5.54. The van der Waals surface area contributed by atoms with E-state index in [4.69, 9.17) is 0 Å². The molecular weight excluding hydrogens is 144 g/mol. The summed E-state index contributed by atoms with van der Waals surface area (Å²) in [6, 6.07) is 0. The minimum Gasteiger partial charge on any atom is -0.0648 e. The van der Waals surface area contributed by atoms with Crippen molar-refractivity contribution in [1.29, 1.82) is 0 Å². The van der Waals surface area contributed by atoms with Crippen LogP contribution in [0.25, 0.3) is 0 Å². The van der Waals surface area contributed by atoms with Crippen molar-refractivity contribution in [2.75, 3.05) is 0 Å². The van der Waals surface area contributed by atoms with Crippen molar-refractivity contribution in [3.05, 3.63) is 5.92 Å². The Morgan fingerprint density at radius 3 is 2.00 bits per heavy atom. The van der Waals surface area contributed by atoms with Gasteiger partial charge in [-0.15, -0.1) is 0 Å². The molecule has 71 valence electrons. The number of hydrogen-bond acceptors (Lipinski definition) is 0. The minimum atomic E-state index is 0.541. The van der Waals surface area contributed by atoms with E-state index < -0.39 is 0 Å². The van der Waals surface area contributed by atoms with Crippen molar-refractivity contribution >= 4 is 0 Å². The van der Waals surface area contributed by atoms with Crippen molar-refractivity contribution in [1.82, 2.24) is 0 Å². The van der Waals surface area contributed by atoms with E-state index in [1.165, 1.54) is 32.1 Å². The second-order valence-corrected chi connectivity index (χ2v) is 5.24. The third kappa shape index (κ3) is 2.50. The fourth-order valence-electron chi connectivity index (χ4n) is 2.25. The first-order valence-electron chi connectivity index (χ1n) is 5.37. The zero-order valence-electron chi connectivity index (χ0n) is 9.11. The lowest BCUT2D eigenvalue weighted by Crippen LogP contribution is -2.24. The summed E-state index contributed by atoms with van der Waals surface area (Å²) in [4.78, 5) is 0. The van der Waals surface area contributed by atoms with Crippen LogP contribution in [0.3, 0.4) is 0 Å². The lowest BCUT2D eigenvalue weighted by molar-refractivity contribution is 0.186. The van der Waals surface area contributed by atoms with E-state index in [0.29, 0.717) is 5.41 Å². The highest BCUT2D eigenvalue weighted by Crippen LogP contribution is 2.41. The molecular formula is C12H23. The third-order valence-corrected chi connectivity index (χ3v) is 3.42. The maximum atomic E-state index is 2.38. The molecule has 0 amide bonds. The molecule has 1 rings (SSSR count). The Balaban J connectivity index is 2.36. The Hall–Kier alpha value is 0. The molecule has 0 aromatic carbocycles. The lowest BCUT2D eigenvalue weighted by Gasteiger charge is -2.36. The summed E-state index contributed by atoms with van der Waals surface area (Å²) >= 11 is 0. The Kier molecular flexibility index (Phi) is 3.20. The second-order valence-electron chi connectivity index (χ2n) is 5.24. The van der Waals surface area contributed by atoms with Gasteiger partial charge in [0.2, 0.25) is 0 Å². The van der Waals surface area contributed by atoms with Crippen LogP contribution in [0.5, 0.6) is 0 Å². The molecule has 0 saturated heterocycles. The summed E-state index contributed by atoms with van der Waals surface area (Å²) in [5, 5.41) is 0. The third-order valence-electron chi connectivity index (χ3n) is 3.42. The fraction of sp³-hybridized carbons (Fsp3) is 0.917. The van der Waals surface area contributed by atoms with Crippen LogP contribution in [0.15, 0.2) is 0 Å². The van der Waals surface area contributed by atoms with E-state index in [0.717, 1.165) is 5.92 Å².